The molecule has 16 heavy (non-hydrogen) atoms. The van der Waals surface area contributed by atoms with Gasteiger partial charge < -0.3 is 11.5 Å². The topological polar surface area (TPSA) is 72.3 Å². The lowest BCUT2D eigenvalue weighted by molar-refractivity contribution is -0.190. The number of alkyl halides is 3. The first-order chi connectivity index (χ1) is 7.38. The molecule has 0 spiro atoms. The maximum absolute atomic E-state index is 12.7. The monoisotopic (exact) mass is 239 g/mol. The Balaban J connectivity index is 2.84. The molecule has 0 saturated carbocycles. The molecule has 4 nitrogen and oxygen atoms in total. The Labute approximate surface area is 91.8 Å². The molecule has 1 heterocycles. The van der Waals surface area contributed by atoms with Gasteiger partial charge in [-0.25, -0.2) is 0 Å². The van der Waals surface area contributed by atoms with Crippen molar-refractivity contribution < 1.29 is 18.0 Å². The van der Waals surface area contributed by atoms with Crippen molar-refractivity contribution in [2.24, 2.45) is 11.5 Å². The highest BCUT2D eigenvalue weighted by Gasteiger charge is 2.46. The first-order valence-electron chi connectivity index (χ1n) is 5.19. The quantitative estimate of drug-likeness (QED) is 0.739. The van der Waals surface area contributed by atoms with E-state index in [4.69, 9.17) is 11.5 Å². The van der Waals surface area contributed by atoms with E-state index in [0.717, 1.165) is 11.3 Å². The van der Waals surface area contributed by atoms with Crippen LogP contribution in [-0.2, 0) is 4.79 Å². The van der Waals surface area contributed by atoms with Crippen LogP contribution < -0.4 is 11.5 Å². The molecule has 0 bridgehead atoms. The van der Waals surface area contributed by atoms with Gasteiger partial charge in [0.1, 0.15) is 6.04 Å². The van der Waals surface area contributed by atoms with Crippen molar-refractivity contribution in [3.63, 3.8) is 0 Å². The molecular formula is C9H16F3N3O. The van der Waals surface area contributed by atoms with E-state index in [9.17, 15) is 18.0 Å². The SMILES string of the molecule is NCC(N1CCCCC1C(N)=O)C(F)(F)F. The first kappa shape index (κ1) is 13.2. The lowest BCUT2D eigenvalue weighted by atomic mass is 9.99. The minimum atomic E-state index is -4.42. The van der Waals surface area contributed by atoms with Crippen LogP contribution in [0.3, 0.4) is 0 Å². The minimum absolute atomic E-state index is 0.217. The van der Waals surface area contributed by atoms with Crippen molar-refractivity contribution in [3.8, 4) is 0 Å². The number of nitrogens with zero attached hydrogens (tertiary/aromatic N) is 1. The predicted octanol–water partition coefficient (Wildman–Crippen LogP) is 0.216. The summed E-state index contributed by atoms with van der Waals surface area (Å²) in [4.78, 5) is 12.2. The maximum Gasteiger partial charge on any atom is 0.405 e. The van der Waals surface area contributed by atoms with E-state index in [1.54, 1.807) is 0 Å². The summed E-state index contributed by atoms with van der Waals surface area (Å²) in [5.74, 6) is -0.706. The molecule has 7 heteroatoms. The molecule has 0 radical (unpaired) electrons. The van der Waals surface area contributed by atoms with Gasteiger partial charge in [-0.1, -0.05) is 6.42 Å². The normalized spacial score (nSPS) is 25.4. The Morgan fingerprint density at radius 1 is 1.44 bits per heavy atom. The number of carbonyl (C=O) groups is 1. The maximum atomic E-state index is 12.7. The summed E-state index contributed by atoms with van der Waals surface area (Å²) in [7, 11) is 0. The average Bonchev–Trinajstić information content (AvgIpc) is 2.17. The molecule has 1 fully saturated rings. The van der Waals surface area contributed by atoms with Crippen LogP contribution in [-0.4, -0.2) is 42.2 Å². The van der Waals surface area contributed by atoms with Crippen LogP contribution in [0.2, 0.25) is 0 Å². The van der Waals surface area contributed by atoms with Crippen LogP contribution in [0, 0.1) is 0 Å². The highest BCUT2D eigenvalue weighted by atomic mass is 19.4. The summed E-state index contributed by atoms with van der Waals surface area (Å²) >= 11 is 0. The molecule has 0 aromatic rings. The Kier molecular flexibility index (Phi) is 4.15. The van der Waals surface area contributed by atoms with E-state index in [2.05, 4.69) is 0 Å². The zero-order chi connectivity index (χ0) is 12.3. The highest BCUT2D eigenvalue weighted by molar-refractivity contribution is 5.80. The van der Waals surface area contributed by atoms with Crippen molar-refractivity contribution in [2.45, 2.75) is 37.5 Å². The standard InChI is InChI=1S/C9H16F3N3O/c10-9(11,12)7(5-13)15-4-2-1-3-6(15)8(14)16/h6-7H,1-5,13H2,(H2,14,16). The molecule has 4 N–H and O–H groups in total. The van der Waals surface area contributed by atoms with E-state index in [0.29, 0.717) is 12.8 Å². The zero-order valence-corrected chi connectivity index (χ0v) is 8.83. The van der Waals surface area contributed by atoms with Gasteiger partial charge in [-0.05, 0) is 19.4 Å². The van der Waals surface area contributed by atoms with E-state index in [-0.39, 0.29) is 6.54 Å². The molecule has 0 aromatic carbocycles. The summed E-state index contributed by atoms with van der Waals surface area (Å²) in [5, 5.41) is 0. The molecule has 2 unspecified atom stereocenters. The summed E-state index contributed by atoms with van der Waals surface area (Å²) in [6, 6.07) is -2.62. The van der Waals surface area contributed by atoms with Crippen LogP contribution in [0.4, 0.5) is 13.2 Å². The van der Waals surface area contributed by atoms with E-state index in [1.165, 1.54) is 0 Å². The van der Waals surface area contributed by atoms with Gasteiger partial charge >= 0.3 is 6.18 Å². The second kappa shape index (κ2) is 5.01. The van der Waals surface area contributed by atoms with Gasteiger partial charge in [0, 0.05) is 6.54 Å². The molecule has 2 atom stereocenters. The Bertz CT molecular complexity index is 257. The van der Waals surface area contributed by atoms with Crippen molar-refractivity contribution in [3.05, 3.63) is 0 Å². The van der Waals surface area contributed by atoms with Crippen molar-refractivity contribution in [1.82, 2.24) is 4.90 Å². The highest BCUT2D eigenvalue weighted by Crippen LogP contribution is 2.29. The second-order valence-corrected chi connectivity index (χ2v) is 3.94. The molecule has 1 rings (SSSR count). The molecule has 94 valence electrons. The molecule has 1 saturated heterocycles. The number of nitrogens with two attached hydrogens (primary N) is 2. The van der Waals surface area contributed by atoms with Crippen molar-refractivity contribution in [2.75, 3.05) is 13.1 Å². The smallest absolute Gasteiger partial charge is 0.368 e. The van der Waals surface area contributed by atoms with Crippen LogP contribution in [0.25, 0.3) is 0 Å². The third-order valence-corrected chi connectivity index (χ3v) is 2.87. The van der Waals surface area contributed by atoms with Crippen LogP contribution in [0.1, 0.15) is 19.3 Å². The molecule has 0 aliphatic carbocycles. The molecule has 1 aliphatic heterocycles. The largest absolute Gasteiger partial charge is 0.405 e. The Hall–Kier alpha value is -0.820. The lowest BCUT2D eigenvalue weighted by Gasteiger charge is -2.39. The molecule has 1 amide bonds. The number of likely N-dealkylation sites (tertiary alicyclic amines) is 1. The fourth-order valence-electron chi connectivity index (χ4n) is 2.09. The number of hydrogen-bond donors (Lipinski definition) is 2. The third-order valence-electron chi connectivity index (χ3n) is 2.87. The Morgan fingerprint density at radius 2 is 2.06 bits per heavy atom. The van der Waals surface area contributed by atoms with E-state index in [1.807, 2.05) is 0 Å². The predicted molar refractivity (Wildman–Crippen MR) is 52.4 cm³/mol. The van der Waals surface area contributed by atoms with E-state index >= 15 is 0 Å². The van der Waals surface area contributed by atoms with Gasteiger partial charge in [-0.15, -0.1) is 0 Å². The lowest BCUT2D eigenvalue weighted by Crippen LogP contribution is -2.59. The fraction of sp³-hybridized carbons (Fsp3) is 0.889. The number of carbonyl (C=O) groups excluding carboxylic acids is 1. The van der Waals surface area contributed by atoms with Crippen LogP contribution in [0.15, 0.2) is 0 Å². The molecule has 1 aliphatic rings. The first-order valence-corrected chi connectivity index (χ1v) is 5.19. The number of rotatable bonds is 3. The van der Waals surface area contributed by atoms with Crippen molar-refractivity contribution >= 4 is 5.91 Å². The number of amides is 1. The fourth-order valence-corrected chi connectivity index (χ4v) is 2.09. The summed E-state index contributed by atoms with van der Waals surface area (Å²) in [6.07, 6.45) is -2.68. The molecular weight excluding hydrogens is 223 g/mol. The summed E-state index contributed by atoms with van der Waals surface area (Å²) in [6.45, 7) is -0.331. The summed E-state index contributed by atoms with van der Waals surface area (Å²) < 4.78 is 38.0. The van der Waals surface area contributed by atoms with Gasteiger partial charge in [0.15, 0.2) is 0 Å². The van der Waals surface area contributed by atoms with Crippen LogP contribution in [0.5, 0.6) is 0 Å². The van der Waals surface area contributed by atoms with Crippen molar-refractivity contribution in [1.29, 1.82) is 0 Å². The van der Waals surface area contributed by atoms with Gasteiger partial charge in [0.05, 0.1) is 6.04 Å². The number of hydrogen-bond acceptors (Lipinski definition) is 3. The van der Waals surface area contributed by atoms with Crippen LogP contribution >= 0.6 is 0 Å². The van der Waals surface area contributed by atoms with Gasteiger partial charge in [-0.2, -0.15) is 13.2 Å². The zero-order valence-electron chi connectivity index (χ0n) is 8.83. The van der Waals surface area contributed by atoms with E-state index < -0.39 is 30.7 Å². The third kappa shape index (κ3) is 2.85. The minimum Gasteiger partial charge on any atom is -0.368 e. The second-order valence-electron chi connectivity index (χ2n) is 3.94. The number of piperidine rings is 1. The van der Waals surface area contributed by atoms with Gasteiger partial charge in [-0.3, -0.25) is 9.69 Å². The van der Waals surface area contributed by atoms with Gasteiger partial charge in [0.2, 0.25) is 5.91 Å². The number of halogens is 3. The van der Waals surface area contributed by atoms with Gasteiger partial charge in [0.25, 0.3) is 0 Å². The molecule has 0 aromatic heterocycles. The Morgan fingerprint density at radius 3 is 2.50 bits per heavy atom. The number of primary amides is 1. The average molecular weight is 239 g/mol. The summed E-state index contributed by atoms with van der Waals surface area (Å²) in [5.41, 5.74) is 10.2.